The zero-order valence-electron chi connectivity index (χ0n) is 11.2. The third-order valence-electron chi connectivity index (χ3n) is 3.66. The van der Waals surface area contributed by atoms with Crippen molar-refractivity contribution in [3.8, 4) is 0 Å². The highest BCUT2D eigenvalue weighted by atomic mass is 15.2. The number of nitrogens with zero attached hydrogens (tertiary/aromatic N) is 3. The molecule has 2 aliphatic rings. The van der Waals surface area contributed by atoms with Gasteiger partial charge in [-0.05, 0) is 32.1 Å². The first kappa shape index (κ1) is 11.8. The van der Waals surface area contributed by atoms with Gasteiger partial charge in [0, 0.05) is 31.6 Å². The molecule has 4 heteroatoms. The van der Waals surface area contributed by atoms with Crippen molar-refractivity contribution in [1.29, 1.82) is 0 Å². The van der Waals surface area contributed by atoms with E-state index in [-0.39, 0.29) is 0 Å². The van der Waals surface area contributed by atoms with E-state index in [1.165, 1.54) is 25.7 Å². The second-order valence-corrected chi connectivity index (χ2v) is 5.36. The molecular formula is C14H22N4. The van der Waals surface area contributed by atoms with Crippen LogP contribution < -0.4 is 10.2 Å². The fraction of sp³-hybridized carbons (Fsp3) is 0.714. The van der Waals surface area contributed by atoms with Gasteiger partial charge in [0.1, 0.15) is 17.5 Å². The van der Waals surface area contributed by atoms with E-state index in [0.717, 1.165) is 43.5 Å². The maximum absolute atomic E-state index is 4.76. The van der Waals surface area contributed by atoms with Crippen molar-refractivity contribution < 1.29 is 0 Å². The molecule has 1 aliphatic carbocycles. The first-order chi connectivity index (χ1) is 8.86. The summed E-state index contributed by atoms with van der Waals surface area (Å²) in [5.74, 6) is 3.81. The Hall–Kier alpha value is -1.32. The Kier molecular flexibility index (Phi) is 3.35. The molecule has 2 fully saturated rings. The van der Waals surface area contributed by atoms with Gasteiger partial charge in [-0.25, -0.2) is 9.97 Å². The Morgan fingerprint density at radius 3 is 2.72 bits per heavy atom. The van der Waals surface area contributed by atoms with Gasteiger partial charge >= 0.3 is 0 Å². The Balaban J connectivity index is 1.83. The Labute approximate surface area is 109 Å². The van der Waals surface area contributed by atoms with E-state index >= 15 is 0 Å². The zero-order chi connectivity index (χ0) is 12.4. The predicted molar refractivity (Wildman–Crippen MR) is 74.2 cm³/mol. The highest BCUT2D eigenvalue weighted by molar-refractivity contribution is 5.50. The highest BCUT2D eigenvalue weighted by Crippen LogP contribution is 2.39. The summed E-state index contributed by atoms with van der Waals surface area (Å²) >= 11 is 0. The molecular weight excluding hydrogens is 224 g/mol. The van der Waals surface area contributed by atoms with E-state index in [1.54, 1.807) is 0 Å². The van der Waals surface area contributed by atoms with Crippen LogP contribution >= 0.6 is 0 Å². The number of hydrogen-bond donors (Lipinski definition) is 1. The minimum absolute atomic E-state index is 0.620. The molecule has 1 saturated heterocycles. The number of rotatable bonds is 5. The van der Waals surface area contributed by atoms with E-state index in [1.807, 2.05) is 0 Å². The SMILES string of the molecule is CCCNc1cc(N2CCCC2)nc(C2CC2)n1. The van der Waals surface area contributed by atoms with Crippen molar-refractivity contribution >= 4 is 11.6 Å². The molecule has 98 valence electrons. The fourth-order valence-corrected chi connectivity index (χ4v) is 2.43. The summed E-state index contributed by atoms with van der Waals surface area (Å²) < 4.78 is 0. The van der Waals surface area contributed by atoms with Crippen molar-refractivity contribution in [2.24, 2.45) is 0 Å². The van der Waals surface area contributed by atoms with Crippen LogP contribution in [0.1, 0.15) is 50.8 Å². The van der Waals surface area contributed by atoms with Crippen molar-refractivity contribution in [1.82, 2.24) is 9.97 Å². The van der Waals surface area contributed by atoms with Crippen LogP contribution in [0.4, 0.5) is 11.6 Å². The molecule has 1 aliphatic heterocycles. The molecule has 1 aromatic heterocycles. The van der Waals surface area contributed by atoms with Gasteiger partial charge in [-0.1, -0.05) is 6.92 Å². The predicted octanol–water partition coefficient (Wildman–Crippen LogP) is 2.78. The molecule has 0 amide bonds. The molecule has 0 atom stereocenters. The maximum atomic E-state index is 4.76. The van der Waals surface area contributed by atoms with Crippen LogP contribution in [0.3, 0.4) is 0 Å². The van der Waals surface area contributed by atoms with Crippen LogP contribution in [0.5, 0.6) is 0 Å². The molecule has 0 bridgehead atoms. The van der Waals surface area contributed by atoms with Gasteiger partial charge in [0.25, 0.3) is 0 Å². The molecule has 0 spiro atoms. The fourth-order valence-electron chi connectivity index (χ4n) is 2.43. The van der Waals surface area contributed by atoms with Gasteiger partial charge in [-0.2, -0.15) is 0 Å². The summed E-state index contributed by atoms with van der Waals surface area (Å²) in [6.45, 7) is 5.46. The van der Waals surface area contributed by atoms with Crippen LogP contribution in [-0.2, 0) is 0 Å². The van der Waals surface area contributed by atoms with E-state index in [9.17, 15) is 0 Å². The van der Waals surface area contributed by atoms with Gasteiger partial charge in [0.05, 0.1) is 0 Å². The molecule has 0 unspecified atom stereocenters. The first-order valence-electron chi connectivity index (χ1n) is 7.24. The average Bonchev–Trinajstić information content (AvgIpc) is 3.11. The van der Waals surface area contributed by atoms with Crippen LogP contribution in [-0.4, -0.2) is 29.6 Å². The summed E-state index contributed by atoms with van der Waals surface area (Å²) in [7, 11) is 0. The van der Waals surface area contributed by atoms with Crippen LogP contribution in [0.15, 0.2) is 6.07 Å². The molecule has 1 N–H and O–H groups in total. The summed E-state index contributed by atoms with van der Waals surface area (Å²) in [6.07, 6.45) is 6.23. The van der Waals surface area contributed by atoms with Crippen molar-refractivity contribution in [2.45, 2.75) is 44.9 Å². The van der Waals surface area contributed by atoms with E-state index < -0.39 is 0 Å². The molecule has 0 radical (unpaired) electrons. The van der Waals surface area contributed by atoms with Crippen molar-refractivity contribution in [2.75, 3.05) is 29.9 Å². The minimum Gasteiger partial charge on any atom is -0.370 e. The Bertz CT molecular complexity index is 408. The van der Waals surface area contributed by atoms with Crippen molar-refractivity contribution in [3.63, 3.8) is 0 Å². The molecule has 1 aromatic rings. The molecule has 18 heavy (non-hydrogen) atoms. The molecule has 1 saturated carbocycles. The monoisotopic (exact) mass is 246 g/mol. The smallest absolute Gasteiger partial charge is 0.136 e. The molecule has 0 aromatic carbocycles. The normalized spacial score (nSPS) is 19.3. The Morgan fingerprint density at radius 2 is 2.06 bits per heavy atom. The number of nitrogens with one attached hydrogen (secondary N) is 1. The highest BCUT2D eigenvalue weighted by Gasteiger charge is 2.28. The third-order valence-corrected chi connectivity index (χ3v) is 3.66. The van der Waals surface area contributed by atoms with E-state index in [4.69, 9.17) is 4.98 Å². The van der Waals surface area contributed by atoms with Gasteiger partial charge in [-0.15, -0.1) is 0 Å². The maximum Gasteiger partial charge on any atom is 0.136 e. The average molecular weight is 246 g/mol. The van der Waals surface area contributed by atoms with E-state index in [0.29, 0.717) is 5.92 Å². The lowest BCUT2D eigenvalue weighted by atomic mass is 10.3. The van der Waals surface area contributed by atoms with Gasteiger partial charge < -0.3 is 10.2 Å². The summed E-state index contributed by atoms with van der Waals surface area (Å²) in [5.41, 5.74) is 0. The summed E-state index contributed by atoms with van der Waals surface area (Å²) in [5, 5.41) is 3.40. The molecule has 4 nitrogen and oxygen atoms in total. The molecule has 3 rings (SSSR count). The minimum atomic E-state index is 0.620. The quantitative estimate of drug-likeness (QED) is 0.867. The zero-order valence-corrected chi connectivity index (χ0v) is 11.2. The number of anilines is 2. The number of hydrogen-bond acceptors (Lipinski definition) is 4. The third kappa shape index (κ3) is 2.57. The second-order valence-electron chi connectivity index (χ2n) is 5.36. The first-order valence-corrected chi connectivity index (χ1v) is 7.24. The standard InChI is InChI=1S/C14H22N4/c1-2-7-15-12-10-13(18-8-3-4-9-18)17-14(16-12)11-5-6-11/h10-11H,2-9H2,1H3,(H,15,16,17). The van der Waals surface area contributed by atoms with Crippen LogP contribution in [0.25, 0.3) is 0 Å². The van der Waals surface area contributed by atoms with Gasteiger partial charge in [0.2, 0.25) is 0 Å². The summed E-state index contributed by atoms with van der Waals surface area (Å²) in [6, 6.07) is 2.12. The van der Waals surface area contributed by atoms with Crippen LogP contribution in [0, 0.1) is 0 Å². The van der Waals surface area contributed by atoms with E-state index in [2.05, 4.69) is 28.2 Å². The largest absolute Gasteiger partial charge is 0.370 e. The Morgan fingerprint density at radius 1 is 1.28 bits per heavy atom. The lowest BCUT2D eigenvalue weighted by Crippen LogP contribution is -2.20. The lowest BCUT2D eigenvalue weighted by Gasteiger charge is -2.18. The topological polar surface area (TPSA) is 41.0 Å². The van der Waals surface area contributed by atoms with Gasteiger partial charge in [0.15, 0.2) is 0 Å². The van der Waals surface area contributed by atoms with Gasteiger partial charge in [-0.3, -0.25) is 0 Å². The number of aromatic nitrogens is 2. The van der Waals surface area contributed by atoms with Crippen LogP contribution in [0.2, 0.25) is 0 Å². The summed E-state index contributed by atoms with van der Waals surface area (Å²) in [4.78, 5) is 11.8. The molecule has 2 heterocycles. The lowest BCUT2D eigenvalue weighted by molar-refractivity contribution is 0.866. The second kappa shape index (κ2) is 5.12. The van der Waals surface area contributed by atoms with Crippen molar-refractivity contribution in [3.05, 3.63) is 11.9 Å².